The largest absolute Gasteiger partial charge is 0.327 e. The summed E-state index contributed by atoms with van der Waals surface area (Å²) in [6, 6.07) is 13.2. The molecular weight excluding hydrogens is 284 g/mol. The SMILES string of the molecule is N[C@H]1CCc2cc(C(=O)Nc3ccc(Cl)cc3)ccc2C1. The number of nitrogens with two attached hydrogens (primary N) is 1. The van der Waals surface area contributed by atoms with Crippen LogP contribution in [0.2, 0.25) is 5.02 Å². The molecule has 0 bridgehead atoms. The maximum Gasteiger partial charge on any atom is 0.255 e. The van der Waals surface area contributed by atoms with Gasteiger partial charge in [-0.1, -0.05) is 17.7 Å². The molecule has 1 aliphatic carbocycles. The first kappa shape index (κ1) is 14.1. The molecule has 3 N–H and O–H groups in total. The minimum Gasteiger partial charge on any atom is -0.327 e. The van der Waals surface area contributed by atoms with E-state index in [-0.39, 0.29) is 11.9 Å². The van der Waals surface area contributed by atoms with E-state index in [0.717, 1.165) is 24.9 Å². The molecule has 0 aliphatic heterocycles. The summed E-state index contributed by atoms with van der Waals surface area (Å²) in [5.41, 5.74) is 9.89. The second-order valence-corrected chi connectivity index (χ2v) is 5.88. The Hall–Kier alpha value is -1.84. The van der Waals surface area contributed by atoms with Gasteiger partial charge in [-0.15, -0.1) is 0 Å². The second-order valence-electron chi connectivity index (χ2n) is 5.45. The molecule has 0 aromatic heterocycles. The maximum atomic E-state index is 12.3. The fourth-order valence-corrected chi connectivity index (χ4v) is 2.79. The number of aryl methyl sites for hydroxylation is 1. The molecule has 0 saturated heterocycles. The minimum absolute atomic E-state index is 0.102. The normalized spacial score (nSPS) is 17.1. The fourth-order valence-electron chi connectivity index (χ4n) is 2.66. The smallest absolute Gasteiger partial charge is 0.255 e. The predicted molar refractivity (Wildman–Crippen MR) is 85.8 cm³/mol. The zero-order valence-electron chi connectivity index (χ0n) is 11.6. The second kappa shape index (κ2) is 5.88. The molecule has 0 unspecified atom stereocenters. The summed E-state index contributed by atoms with van der Waals surface area (Å²) in [5, 5.41) is 3.53. The van der Waals surface area contributed by atoms with Crippen molar-refractivity contribution in [2.45, 2.75) is 25.3 Å². The molecule has 1 aliphatic rings. The lowest BCUT2D eigenvalue weighted by atomic mass is 9.87. The third-order valence-corrected chi connectivity index (χ3v) is 4.09. The van der Waals surface area contributed by atoms with Crippen LogP contribution in [0.25, 0.3) is 0 Å². The van der Waals surface area contributed by atoms with Gasteiger partial charge in [-0.25, -0.2) is 0 Å². The summed E-state index contributed by atoms with van der Waals surface area (Å²) in [6.07, 6.45) is 2.82. The lowest BCUT2D eigenvalue weighted by molar-refractivity contribution is 0.102. The predicted octanol–water partition coefficient (Wildman–Crippen LogP) is 3.41. The van der Waals surface area contributed by atoms with Crippen LogP contribution >= 0.6 is 11.6 Å². The third-order valence-electron chi connectivity index (χ3n) is 3.84. The van der Waals surface area contributed by atoms with Crippen molar-refractivity contribution in [1.82, 2.24) is 0 Å². The van der Waals surface area contributed by atoms with E-state index in [1.807, 2.05) is 18.2 Å². The van der Waals surface area contributed by atoms with E-state index >= 15 is 0 Å². The summed E-state index contributed by atoms with van der Waals surface area (Å²) >= 11 is 5.83. The zero-order valence-corrected chi connectivity index (χ0v) is 12.4. The molecule has 3 nitrogen and oxygen atoms in total. The van der Waals surface area contributed by atoms with Crippen molar-refractivity contribution in [3.05, 3.63) is 64.2 Å². The van der Waals surface area contributed by atoms with E-state index in [1.54, 1.807) is 24.3 Å². The van der Waals surface area contributed by atoms with Gasteiger partial charge in [-0.2, -0.15) is 0 Å². The van der Waals surface area contributed by atoms with Crippen LogP contribution < -0.4 is 11.1 Å². The molecule has 0 saturated carbocycles. The summed E-state index contributed by atoms with van der Waals surface area (Å²) in [6.45, 7) is 0. The van der Waals surface area contributed by atoms with Crippen LogP contribution in [0.1, 0.15) is 27.9 Å². The Morgan fingerprint density at radius 1 is 1.14 bits per heavy atom. The zero-order chi connectivity index (χ0) is 14.8. The van der Waals surface area contributed by atoms with Crippen molar-refractivity contribution in [3.63, 3.8) is 0 Å². The van der Waals surface area contributed by atoms with Crippen LogP contribution in [0.3, 0.4) is 0 Å². The number of rotatable bonds is 2. The van der Waals surface area contributed by atoms with Gasteiger partial charge in [0.15, 0.2) is 0 Å². The quantitative estimate of drug-likeness (QED) is 0.893. The number of fused-ring (bicyclic) bond motifs is 1. The first-order chi connectivity index (χ1) is 10.1. The highest BCUT2D eigenvalue weighted by molar-refractivity contribution is 6.30. The average Bonchev–Trinajstić information content (AvgIpc) is 2.49. The Balaban J connectivity index is 1.77. The molecule has 1 atom stereocenters. The Morgan fingerprint density at radius 2 is 1.90 bits per heavy atom. The Kier molecular flexibility index (Phi) is 3.95. The Labute approximate surface area is 129 Å². The topological polar surface area (TPSA) is 55.1 Å². The van der Waals surface area contributed by atoms with Gasteiger partial charge in [0.2, 0.25) is 0 Å². The van der Waals surface area contributed by atoms with Gasteiger partial charge in [0.05, 0.1) is 0 Å². The first-order valence-corrected chi connectivity index (χ1v) is 7.44. The number of carbonyl (C=O) groups is 1. The van der Waals surface area contributed by atoms with E-state index in [9.17, 15) is 4.79 Å². The monoisotopic (exact) mass is 300 g/mol. The standard InChI is InChI=1S/C17H17ClN2O/c18-14-4-7-16(8-5-14)20-17(21)13-2-1-12-10-15(19)6-3-11(12)9-13/h1-2,4-5,7-9,15H,3,6,10,19H2,(H,20,21)/t15-/m0/s1. The number of halogens is 1. The van der Waals surface area contributed by atoms with Crippen LogP contribution in [0, 0.1) is 0 Å². The molecule has 0 fully saturated rings. The Bertz CT molecular complexity index is 667. The molecule has 2 aromatic rings. The summed E-state index contributed by atoms with van der Waals surface area (Å²) < 4.78 is 0. The molecular formula is C17H17ClN2O. The fraction of sp³-hybridized carbons (Fsp3) is 0.235. The average molecular weight is 301 g/mol. The molecule has 2 aromatic carbocycles. The lowest BCUT2D eigenvalue weighted by Gasteiger charge is -2.21. The van der Waals surface area contributed by atoms with Crippen molar-refractivity contribution in [2.75, 3.05) is 5.32 Å². The van der Waals surface area contributed by atoms with Crippen molar-refractivity contribution < 1.29 is 4.79 Å². The summed E-state index contributed by atoms with van der Waals surface area (Å²) in [4.78, 5) is 12.3. The number of nitrogens with one attached hydrogen (secondary N) is 1. The van der Waals surface area contributed by atoms with Gasteiger partial charge < -0.3 is 11.1 Å². The number of anilines is 1. The molecule has 0 heterocycles. The van der Waals surface area contributed by atoms with Crippen molar-refractivity contribution in [1.29, 1.82) is 0 Å². The van der Waals surface area contributed by atoms with E-state index in [2.05, 4.69) is 5.32 Å². The molecule has 3 rings (SSSR count). The lowest BCUT2D eigenvalue weighted by Crippen LogP contribution is -2.28. The maximum absolute atomic E-state index is 12.3. The highest BCUT2D eigenvalue weighted by Crippen LogP contribution is 2.22. The van der Waals surface area contributed by atoms with E-state index in [4.69, 9.17) is 17.3 Å². The van der Waals surface area contributed by atoms with Crippen LogP contribution in [0.15, 0.2) is 42.5 Å². The van der Waals surface area contributed by atoms with Crippen LogP contribution in [0.4, 0.5) is 5.69 Å². The van der Waals surface area contributed by atoms with E-state index in [1.165, 1.54) is 11.1 Å². The Morgan fingerprint density at radius 3 is 2.67 bits per heavy atom. The molecule has 4 heteroatoms. The van der Waals surface area contributed by atoms with Crippen LogP contribution in [-0.2, 0) is 12.8 Å². The van der Waals surface area contributed by atoms with Crippen molar-refractivity contribution in [3.8, 4) is 0 Å². The van der Waals surface area contributed by atoms with E-state index in [0.29, 0.717) is 10.6 Å². The van der Waals surface area contributed by atoms with Crippen LogP contribution in [-0.4, -0.2) is 11.9 Å². The van der Waals surface area contributed by atoms with Gasteiger partial charge in [-0.05, 0) is 66.8 Å². The molecule has 0 radical (unpaired) electrons. The molecule has 1 amide bonds. The van der Waals surface area contributed by atoms with Gasteiger partial charge >= 0.3 is 0 Å². The third kappa shape index (κ3) is 3.26. The first-order valence-electron chi connectivity index (χ1n) is 7.06. The highest BCUT2D eigenvalue weighted by atomic mass is 35.5. The van der Waals surface area contributed by atoms with Gasteiger partial charge in [0, 0.05) is 22.3 Å². The van der Waals surface area contributed by atoms with E-state index < -0.39 is 0 Å². The molecule has 21 heavy (non-hydrogen) atoms. The number of hydrogen-bond acceptors (Lipinski definition) is 2. The minimum atomic E-state index is -0.102. The van der Waals surface area contributed by atoms with Gasteiger partial charge in [0.1, 0.15) is 0 Å². The van der Waals surface area contributed by atoms with Crippen LogP contribution in [0.5, 0.6) is 0 Å². The number of hydrogen-bond donors (Lipinski definition) is 2. The number of amides is 1. The summed E-state index contributed by atoms with van der Waals surface area (Å²) in [5.74, 6) is -0.102. The molecule has 0 spiro atoms. The van der Waals surface area contributed by atoms with Gasteiger partial charge in [0.25, 0.3) is 5.91 Å². The number of carbonyl (C=O) groups excluding carboxylic acids is 1. The van der Waals surface area contributed by atoms with Crippen molar-refractivity contribution in [2.24, 2.45) is 5.73 Å². The highest BCUT2D eigenvalue weighted by Gasteiger charge is 2.17. The summed E-state index contributed by atoms with van der Waals surface area (Å²) in [7, 11) is 0. The van der Waals surface area contributed by atoms with Crippen molar-refractivity contribution >= 4 is 23.2 Å². The van der Waals surface area contributed by atoms with Gasteiger partial charge in [-0.3, -0.25) is 4.79 Å². The number of benzene rings is 2. The molecule has 108 valence electrons.